The summed E-state index contributed by atoms with van der Waals surface area (Å²) in [7, 11) is 1.65. The summed E-state index contributed by atoms with van der Waals surface area (Å²) in [5, 5.41) is 0. The van der Waals surface area contributed by atoms with Gasteiger partial charge in [-0.2, -0.15) is 0 Å². The van der Waals surface area contributed by atoms with Gasteiger partial charge in [0.2, 0.25) is 0 Å². The molecule has 19 heavy (non-hydrogen) atoms. The van der Waals surface area contributed by atoms with Crippen molar-refractivity contribution < 1.29 is 9.53 Å². The van der Waals surface area contributed by atoms with Gasteiger partial charge in [-0.15, -0.1) is 0 Å². The fourth-order valence-electron chi connectivity index (χ4n) is 2.07. The Morgan fingerprint density at radius 1 is 1.42 bits per heavy atom. The molecule has 1 aliphatic rings. The van der Waals surface area contributed by atoms with E-state index in [1.54, 1.807) is 19.5 Å². The number of hydrogen-bond donors (Lipinski definition) is 0. The zero-order valence-corrected chi connectivity index (χ0v) is 12.0. The van der Waals surface area contributed by atoms with Crippen LogP contribution < -0.4 is 0 Å². The molecule has 1 unspecified atom stereocenters. The van der Waals surface area contributed by atoms with Gasteiger partial charge in [-0.3, -0.25) is 4.79 Å². The first-order valence-electron chi connectivity index (χ1n) is 6.56. The highest BCUT2D eigenvalue weighted by molar-refractivity contribution is 5.94. The van der Waals surface area contributed by atoms with Crippen molar-refractivity contribution in [1.29, 1.82) is 0 Å². The Labute approximate surface area is 114 Å². The summed E-state index contributed by atoms with van der Waals surface area (Å²) in [5.74, 6) is 0.745. The summed E-state index contributed by atoms with van der Waals surface area (Å²) in [4.78, 5) is 22.7. The van der Waals surface area contributed by atoms with Gasteiger partial charge in [0.1, 0.15) is 5.82 Å². The van der Waals surface area contributed by atoms with Gasteiger partial charge >= 0.3 is 0 Å². The molecule has 1 aliphatic heterocycles. The Kier molecular flexibility index (Phi) is 3.85. The number of ether oxygens (including phenoxy) is 1. The molecule has 0 aromatic carbocycles. The second-order valence-corrected chi connectivity index (χ2v) is 5.94. The van der Waals surface area contributed by atoms with Crippen LogP contribution in [-0.4, -0.2) is 47.1 Å². The van der Waals surface area contributed by atoms with Crippen LogP contribution in [-0.2, 0) is 10.2 Å². The molecule has 0 N–H and O–H groups in total. The molecule has 0 saturated carbocycles. The third-order valence-corrected chi connectivity index (χ3v) is 3.33. The smallest absolute Gasteiger partial charge is 0.257 e. The fourth-order valence-corrected chi connectivity index (χ4v) is 2.07. The second-order valence-electron chi connectivity index (χ2n) is 5.94. The van der Waals surface area contributed by atoms with Gasteiger partial charge in [0.05, 0.1) is 18.2 Å². The Bertz CT molecular complexity index is 451. The van der Waals surface area contributed by atoms with E-state index in [0.717, 1.165) is 18.8 Å². The van der Waals surface area contributed by atoms with Crippen LogP contribution in [0.25, 0.3) is 0 Å². The molecule has 0 spiro atoms. The van der Waals surface area contributed by atoms with Crippen molar-refractivity contribution in [3.63, 3.8) is 0 Å². The zero-order valence-electron chi connectivity index (χ0n) is 12.0. The molecular formula is C14H21N3O2. The van der Waals surface area contributed by atoms with Crippen LogP contribution in [0.5, 0.6) is 0 Å². The van der Waals surface area contributed by atoms with Gasteiger partial charge < -0.3 is 9.64 Å². The zero-order chi connectivity index (χ0) is 14.0. The molecule has 1 aromatic rings. The maximum absolute atomic E-state index is 12.3. The summed E-state index contributed by atoms with van der Waals surface area (Å²) in [5.41, 5.74) is 0.450. The van der Waals surface area contributed by atoms with Gasteiger partial charge in [-0.05, 0) is 6.42 Å². The van der Waals surface area contributed by atoms with E-state index >= 15 is 0 Å². The highest BCUT2D eigenvalue weighted by atomic mass is 16.5. The summed E-state index contributed by atoms with van der Waals surface area (Å²) in [6.07, 6.45) is 4.25. The van der Waals surface area contributed by atoms with Gasteiger partial charge in [-0.1, -0.05) is 20.8 Å². The highest BCUT2D eigenvalue weighted by Gasteiger charge is 2.33. The van der Waals surface area contributed by atoms with E-state index < -0.39 is 0 Å². The maximum Gasteiger partial charge on any atom is 0.257 e. The Balaban J connectivity index is 2.08. The van der Waals surface area contributed by atoms with Gasteiger partial charge in [-0.25, -0.2) is 9.97 Å². The van der Waals surface area contributed by atoms with E-state index in [-0.39, 0.29) is 17.4 Å². The predicted molar refractivity (Wildman–Crippen MR) is 72.0 cm³/mol. The largest absolute Gasteiger partial charge is 0.383 e. The number of likely N-dealkylation sites (tertiary alicyclic amines) is 1. The van der Waals surface area contributed by atoms with Crippen molar-refractivity contribution in [1.82, 2.24) is 14.9 Å². The lowest BCUT2D eigenvalue weighted by Crippen LogP contribution is -2.53. The second kappa shape index (κ2) is 5.25. The Hall–Kier alpha value is -1.49. The average molecular weight is 263 g/mol. The van der Waals surface area contributed by atoms with Crippen molar-refractivity contribution in [2.24, 2.45) is 0 Å². The van der Waals surface area contributed by atoms with Crippen molar-refractivity contribution in [3.05, 3.63) is 23.8 Å². The number of carbonyl (C=O) groups is 1. The lowest BCUT2D eigenvalue weighted by molar-refractivity contribution is 0.0201. The van der Waals surface area contributed by atoms with Gasteiger partial charge in [0, 0.05) is 31.5 Å². The normalized spacial score (nSPS) is 19.2. The van der Waals surface area contributed by atoms with Crippen molar-refractivity contribution in [3.8, 4) is 0 Å². The molecule has 5 nitrogen and oxygen atoms in total. The van der Waals surface area contributed by atoms with E-state index in [4.69, 9.17) is 4.74 Å². The van der Waals surface area contributed by atoms with Crippen LogP contribution in [0.4, 0.5) is 0 Å². The highest BCUT2D eigenvalue weighted by Crippen LogP contribution is 2.21. The molecule has 1 amide bonds. The molecule has 1 fully saturated rings. The fraction of sp³-hybridized carbons (Fsp3) is 0.643. The van der Waals surface area contributed by atoms with E-state index in [1.165, 1.54) is 0 Å². The van der Waals surface area contributed by atoms with Crippen molar-refractivity contribution in [2.75, 3.05) is 20.3 Å². The monoisotopic (exact) mass is 263 g/mol. The number of methoxy groups -OCH3 is 1. The lowest BCUT2D eigenvalue weighted by Gasteiger charge is -2.40. The van der Waals surface area contributed by atoms with E-state index in [2.05, 4.69) is 9.97 Å². The first-order valence-corrected chi connectivity index (χ1v) is 6.56. The summed E-state index contributed by atoms with van der Waals surface area (Å²) in [6.45, 7) is 7.52. The van der Waals surface area contributed by atoms with Gasteiger partial charge in [0.25, 0.3) is 5.91 Å². The number of aromatic nitrogens is 2. The van der Waals surface area contributed by atoms with E-state index in [9.17, 15) is 4.79 Å². The van der Waals surface area contributed by atoms with Crippen molar-refractivity contribution >= 4 is 5.91 Å². The molecule has 5 heteroatoms. The minimum absolute atomic E-state index is 0.00578. The molecule has 2 rings (SSSR count). The quantitative estimate of drug-likeness (QED) is 0.832. The molecule has 104 valence electrons. The first kappa shape index (κ1) is 13.9. The molecule has 1 aromatic heterocycles. The van der Waals surface area contributed by atoms with E-state index in [1.807, 2.05) is 25.7 Å². The molecular weight excluding hydrogens is 242 g/mol. The topological polar surface area (TPSA) is 55.3 Å². The third-order valence-electron chi connectivity index (χ3n) is 3.33. The standard InChI is InChI=1S/C14H21N3O2/c1-14(2,3)13-15-7-10(8-16-13)12(18)17-6-5-11(17)9-19-4/h7-8,11H,5-6,9H2,1-4H3. The molecule has 0 bridgehead atoms. The predicted octanol–water partition coefficient (Wildman–Crippen LogP) is 1.64. The van der Waals surface area contributed by atoms with Gasteiger partial charge in [0.15, 0.2) is 0 Å². The minimum atomic E-state index is -0.100. The Morgan fingerprint density at radius 2 is 2.05 bits per heavy atom. The SMILES string of the molecule is COCC1CCN1C(=O)c1cnc(C(C)(C)C)nc1. The number of carbonyl (C=O) groups excluding carboxylic acids is 1. The number of hydrogen-bond acceptors (Lipinski definition) is 4. The van der Waals surface area contributed by atoms with Crippen LogP contribution in [0, 0.1) is 0 Å². The van der Waals surface area contributed by atoms with Crippen LogP contribution >= 0.6 is 0 Å². The Morgan fingerprint density at radius 3 is 2.47 bits per heavy atom. The lowest BCUT2D eigenvalue weighted by atomic mass is 9.95. The summed E-state index contributed by atoms with van der Waals surface area (Å²) >= 11 is 0. The minimum Gasteiger partial charge on any atom is -0.383 e. The molecule has 1 atom stereocenters. The van der Waals surface area contributed by atoms with Crippen LogP contribution in [0.15, 0.2) is 12.4 Å². The number of rotatable bonds is 3. The molecule has 0 radical (unpaired) electrons. The summed E-state index contributed by atoms with van der Waals surface area (Å²) < 4.78 is 5.10. The van der Waals surface area contributed by atoms with Crippen LogP contribution in [0.2, 0.25) is 0 Å². The van der Waals surface area contributed by atoms with Crippen LogP contribution in [0.1, 0.15) is 43.4 Å². The van der Waals surface area contributed by atoms with E-state index in [0.29, 0.717) is 12.2 Å². The number of amides is 1. The molecule has 1 saturated heterocycles. The molecule has 2 heterocycles. The maximum atomic E-state index is 12.3. The molecule has 0 aliphatic carbocycles. The third kappa shape index (κ3) is 2.92. The first-order chi connectivity index (χ1) is 8.93. The van der Waals surface area contributed by atoms with Crippen molar-refractivity contribution in [2.45, 2.75) is 38.6 Å². The summed E-state index contributed by atoms with van der Waals surface area (Å²) in [6, 6.07) is 0.194. The van der Waals surface area contributed by atoms with Crippen LogP contribution in [0.3, 0.4) is 0 Å². The average Bonchev–Trinajstić information content (AvgIpc) is 2.33. The number of nitrogens with zero attached hydrogens (tertiary/aromatic N) is 3.